The number of benzene rings is 2. The van der Waals surface area contributed by atoms with Gasteiger partial charge in [-0.1, -0.05) is 6.07 Å². The molecule has 210 valence electrons. The maximum absolute atomic E-state index is 14.9. The normalized spacial score (nSPS) is 12.8. The van der Waals surface area contributed by atoms with Crippen molar-refractivity contribution in [1.82, 2.24) is 4.90 Å². The zero-order chi connectivity index (χ0) is 28.8. The second kappa shape index (κ2) is 12.7. The summed E-state index contributed by atoms with van der Waals surface area (Å²) in [7, 11) is 2.07. The van der Waals surface area contributed by atoms with Crippen LogP contribution in [-0.4, -0.2) is 62.5 Å². The van der Waals surface area contributed by atoms with Crippen molar-refractivity contribution in [3.63, 3.8) is 0 Å². The molecule has 0 saturated heterocycles. The van der Waals surface area contributed by atoms with Gasteiger partial charge in [-0.05, 0) is 42.1 Å². The molecule has 2 aromatic carbocycles. The highest BCUT2D eigenvalue weighted by Gasteiger charge is 2.49. The lowest BCUT2D eigenvalue weighted by atomic mass is 10.1. The summed E-state index contributed by atoms with van der Waals surface area (Å²) in [5.41, 5.74) is -1.85. The smallest absolute Gasteiger partial charge is 0.364 e. The molecule has 0 saturated carbocycles. The van der Waals surface area contributed by atoms with E-state index in [2.05, 4.69) is 4.74 Å². The molecule has 0 aliphatic heterocycles. The van der Waals surface area contributed by atoms with Gasteiger partial charge in [-0.3, -0.25) is 9.69 Å². The Morgan fingerprint density at radius 1 is 0.921 bits per heavy atom. The molecule has 0 aliphatic rings. The number of imide groups is 1. The van der Waals surface area contributed by atoms with Crippen molar-refractivity contribution in [2.24, 2.45) is 0 Å². The fourth-order valence-corrected chi connectivity index (χ4v) is 3.58. The number of thioether (sulfide) groups is 1. The van der Waals surface area contributed by atoms with Gasteiger partial charge < -0.3 is 9.47 Å². The van der Waals surface area contributed by atoms with Gasteiger partial charge in [0.05, 0.1) is 5.69 Å². The minimum Gasteiger partial charge on any atom is -0.364 e. The standard InChI is InChI=1S/C21H17F9N2O5S/c1-35-9-31(19(34)32(10-36-2)17(33)16-12(22)4-3-5-13(16)23)15-7-6-11(8-14(15)24)38-20(26,27)18(25)37-21(28,29)30/h3-8,18H,9-10H2,1-2H3. The van der Waals surface area contributed by atoms with Gasteiger partial charge in [-0.25, -0.2) is 32.0 Å². The average molecular weight is 580 g/mol. The molecule has 0 spiro atoms. The number of methoxy groups -OCH3 is 2. The molecule has 7 nitrogen and oxygen atoms in total. The predicted octanol–water partition coefficient (Wildman–Crippen LogP) is 5.90. The summed E-state index contributed by atoms with van der Waals surface area (Å²) in [5, 5.41) is -4.81. The Balaban J connectivity index is 2.38. The number of carbonyl (C=O) groups is 2. The zero-order valence-electron chi connectivity index (χ0n) is 19.2. The number of halogens is 9. The van der Waals surface area contributed by atoms with E-state index in [-0.39, 0.29) is 4.90 Å². The highest BCUT2D eigenvalue weighted by atomic mass is 32.2. The molecule has 1 atom stereocenters. The average Bonchev–Trinajstić information content (AvgIpc) is 2.79. The van der Waals surface area contributed by atoms with Gasteiger partial charge in [-0.15, -0.1) is 13.2 Å². The Morgan fingerprint density at radius 2 is 1.50 bits per heavy atom. The second-order valence-electron chi connectivity index (χ2n) is 7.03. The Kier molecular flexibility index (Phi) is 10.4. The molecule has 0 aromatic heterocycles. The molecule has 0 radical (unpaired) electrons. The van der Waals surface area contributed by atoms with Crippen LogP contribution in [0.15, 0.2) is 41.3 Å². The Morgan fingerprint density at radius 3 is 2.00 bits per heavy atom. The number of anilines is 1. The maximum atomic E-state index is 14.9. The van der Waals surface area contributed by atoms with E-state index in [9.17, 15) is 49.1 Å². The van der Waals surface area contributed by atoms with Gasteiger partial charge >= 0.3 is 17.6 Å². The molecule has 0 fully saturated rings. The van der Waals surface area contributed by atoms with E-state index < -0.39 is 88.7 Å². The van der Waals surface area contributed by atoms with Gasteiger partial charge in [0, 0.05) is 19.1 Å². The highest BCUT2D eigenvalue weighted by molar-refractivity contribution is 8.00. The lowest BCUT2D eigenvalue weighted by molar-refractivity contribution is -0.377. The van der Waals surface area contributed by atoms with Crippen LogP contribution in [0.1, 0.15) is 10.4 Å². The monoisotopic (exact) mass is 580 g/mol. The maximum Gasteiger partial charge on any atom is 0.525 e. The van der Waals surface area contributed by atoms with E-state index in [4.69, 9.17) is 9.47 Å². The van der Waals surface area contributed by atoms with Crippen molar-refractivity contribution >= 4 is 29.4 Å². The molecule has 2 rings (SSSR count). The zero-order valence-corrected chi connectivity index (χ0v) is 20.0. The van der Waals surface area contributed by atoms with Gasteiger partial charge in [-0.2, -0.15) is 8.78 Å². The van der Waals surface area contributed by atoms with Crippen molar-refractivity contribution in [3.05, 3.63) is 59.4 Å². The van der Waals surface area contributed by atoms with E-state index in [1.807, 2.05) is 0 Å². The van der Waals surface area contributed by atoms with E-state index in [1.165, 1.54) is 0 Å². The number of nitrogens with zero attached hydrogens (tertiary/aromatic N) is 2. The lowest BCUT2D eigenvalue weighted by Crippen LogP contribution is -2.48. The first-order valence-corrected chi connectivity index (χ1v) is 10.7. The van der Waals surface area contributed by atoms with Gasteiger partial charge in [0.2, 0.25) is 0 Å². The predicted molar refractivity (Wildman–Crippen MR) is 113 cm³/mol. The molecule has 0 aliphatic carbocycles. The van der Waals surface area contributed by atoms with E-state index in [1.54, 1.807) is 0 Å². The van der Waals surface area contributed by atoms with Crippen LogP contribution < -0.4 is 4.90 Å². The van der Waals surface area contributed by atoms with Crippen molar-refractivity contribution in [1.29, 1.82) is 0 Å². The van der Waals surface area contributed by atoms with E-state index in [0.29, 0.717) is 23.1 Å². The summed E-state index contributed by atoms with van der Waals surface area (Å²) >= 11 is -0.805. The largest absolute Gasteiger partial charge is 0.525 e. The third-order valence-electron chi connectivity index (χ3n) is 4.37. The summed E-state index contributed by atoms with van der Waals surface area (Å²) in [5.74, 6) is -5.60. The first-order chi connectivity index (χ1) is 17.6. The number of rotatable bonds is 10. The molecular formula is C21H17F9N2O5S. The summed E-state index contributed by atoms with van der Waals surface area (Å²) in [4.78, 5) is 25.8. The Labute approximate surface area is 213 Å². The number of ether oxygens (including phenoxy) is 3. The third-order valence-corrected chi connectivity index (χ3v) is 5.31. The highest BCUT2D eigenvalue weighted by Crippen LogP contribution is 2.43. The number of carbonyl (C=O) groups excluding carboxylic acids is 2. The molecule has 0 heterocycles. The summed E-state index contributed by atoms with van der Waals surface area (Å²) in [6.45, 7) is -1.65. The molecule has 0 N–H and O–H groups in total. The second-order valence-corrected chi connectivity index (χ2v) is 8.25. The SMILES string of the molecule is COCN(C(=O)c1c(F)cccc1F)C(=O)N(COC)c1ccc(SC(F)(F)C(F)OC(F)(F)F)cc1F. The lowest BCUT2D eigenvalue weighted by Gasteiger charge is -2.29. The molecular weight excluding hydrogens is 563 g/mol. The van der Waals surface area contributed by atoms with Crippen LogP contribution in [0, 0.1) is 17.5 Å². The third kappa shape index (κ3) is 7.75. The minimum atomic E-state index is -5.71. The first-order valence-electron chi connectivity index (χ1n) is 9.93. The topological polar surface area (TPSA) is 68.3 Å². The van der Waals surface area contributed by atoms with Gasteiger partial charge in [0.1, 0.15) is 36.5 Å². The molecule has 17 heteroatoms. The molecule has 3 amide bonds. The van der Waals surface area contributed by atoms with Crippen LogP contribution in [0.5, 0.6) is 0 Å². The van der Waals surface area contributed by atoms with Crippen LogP contribution in [0.25, 0.3) is 0 Å². The number of urea groups is 1. The molecule has 38 heavy (non-hydrogen) atoms. The van der Waals surface area contributed by atoms with Crippen molar-refractivity contribution < 1.29 is 63.3 Å². The first kappa shape index (κ1) is 31.2. The van der Waals surface area contributed by atoms with E-state index in [0.717, 1.165) is 32.4 Å². The van der Waals surface area contributed by atoms with Crippen LogP contribution in [-0.2, 0) is 14.2 Å². The fraction of sp³-hybridized carbons (Fsp3) is 0.333. The molecule has 2 aromatic rings. The van der Waals surface area contributed by atoms with Crippen LogP contribution >= 0.6 is 11.8 Å². The van der Waals surface area contributed by atoms with Gasteiger partial charge in [0.15, 0.2) is 0 Å². The minimum absolute atomic E-state index is 0.193. The summed E-state index contributed by atoms with van der Waals surface area (Å²) in [6.07, 6.45) is -9.84. The Hall–Kier alpha value is -3.02. The number of hydrogen-bond acceptors (Lipinski definition) is 6. The number of alkyl halides is 6. The summed E-state index contributed by atoms with van der Waals surface area (Å²) in [6, 6.07) is 2.75. The fourth-order valence-electron chi connectivity index (χ4n) is 2.83. The van der Waals surface area contributed by atoms with Crippen molar-refractivity contribution in [3.8, 4) is 0 Å². The van der Waals surface area contributed by atoms with E-state index >= 15 is 0 Å². The quantitative estimate of drug-likeness (QED) is 0.198. The van der Waals surface area contributed by atoms with Crippen molar-refractivity contribution in [2.45, 2.75) is 22.9 Å². The van der Waals surface area contributed by atoms with Crippen LogP contribution in [0.3, 0.4) is 0 Å². The molecule has 1 unspecified atom stereocenters. The van der Waals surface area contributed by atoms with Crippen molar-refractivity contribution in [2.75, 3.05) is 32.6 Å². The molecule has 0 bridgehead atoms. The van der Waals surface area contributed by atoms with Crippen LogP contribution in [0.2, 0.25) is 0 Å². The van der Waals surface area contributed by atoms with Crippen LogP contribution in [0.4, 0.5) is 50.0 Å². The van der Waals surface area contributed by atoms with Gasteiger partial charge in [0.25, 0.3) is 12.3 Å². The number of hydrogen-bond donors (Lipinski definition) is 0. The number of amides is 3. The summed E-state index contributed by atoms with van der Waals surface area (Å²) < 4.78 is 132. The Bertz CT molecular complexity index is 1130.